The molecule has 0 aromatic carbocycles. The normalized spacial score (nSPS) is 12.5. The lowest BCUT2D eigenvalue weighted by molar-refractivity contribution is 0.232. The summed E-state index contributed by atoms with van der Waals surface area (Å²) in [6.45, 7) is 7.73. The first-order chi connectivity index (χ1) is 8.61. The first-order valence-electron chi connectivity index (χ1n) is 6.54. The van der Waals surface area contributed by atoms with E-state index in [1.54, 1.807) is 12.4 Å². The smallest absolute Gasteiger partial charge is 0.234 e. The Hall–Kier alpha value is -1.36. The van der Waals surface area contributed by atoms with Crippen LogP contribution < -0.4 is 15.8 Å². The van der Waals surface area contributed by atoms with Crippen LogP contribution in [0.2, 0.25) is 0 Å². The van der Waals surface area contributed by atoms with E-state index < -0.39 is 0 Å². The molecule has 1 aromatic heterocycles. The summed E-state index contributed by atoms with van der Waals surface area (Å²) in [5.74, 6) is 1.90. The second kappa shape index (κ2) is 7.87. The molecule has 0 amide bonds. The summed E-state index contributed by atoms with van der Waals surface area (Å²) in [5, 5.41) is 3.24. The third-order valence-electron chi connectivity index (χ3n) is 2.55. The van der Waals surface area contributed by atoms with E-state index in [1.165, 1.54) is 0 Å². The molecule has 1 unspecified atom stereocenters. The highest BCUT2D eigenvalue weighted by atomic mass is 16.5. The molecule has 0 bridgehead atoms. The van der Waals surface area contributed by atoms with Crippen molar-refractivity contribution < 1.29 is 4.74 Å². The van der Waals surface area contributed by atoms with Gasteiger partial charge in [0.15, 0.2) is 0 Å². The number of hydrogen-bond acceptors (Lipinski definition) is 5. The molecule has 102 valence electrons. The van der Waals surface area contributed by atoms with E-state index >= 15 is 0 Å². The Morgan fingerprint density at radius 2 is 2.11 bits per heavy atom. The first kappa shape index (κ1) is 14.7. The van der Waals surface area contributed by atoms with Gasteiger partial charge >= 0.3 is 0 Å². The predicted octanol–water partition coefficient (Wildman–Crippen LogP) is 2.05. The maximum absolute atomic E-state index is 5.57. The lowest BCUT2D eigenvalue weighted by Crippen LogP contribution is -2.13. The van der Waals surface area contributed by atoms with Gasteiger partial charge < -0.3 is 15.8 Å². The molecule has 0 spiro atoms. The van der Waals surface area contributed by atoms with Crippen LogP contribution in [-0.4, -0.2) is 29.2 Å². The van der Waals surface area contributed by atoms with Gasteiger partial charge in [-0.3, -0.25) is 4.98 Å². The molecule has 0 saturated carbocycles. The largest absolute Gasteiger partial charge is 0.474 e. The summed E-state index contributed by atoms with van der Waals surface area (Å²) in [5.41, 5.74) is 5.57. The van der Waals surface area contributed by atoms with Gasteiger partial charge in [0.1, 0.15) is 5.82 Å². The van der Waals surface area contributed by atoms with E-state index in [-0.39, 0.29) is 6.10 Å². The fourth-order valence-electron chi connectivity index (χ4n) is 1.52. The molecule has 0 aliphatic carbocycles. The molecule has 0 fully saturated rings. The van der Waals surface area contributed by atoms with E-state index in [2.05, 4.69) is 22.2 Å². The second-order valence-corrected chi connectivity index (χ2v) is 4.82. The predicted molar refractivity (Wildman–Crippen MR) is 73.7 cm³/mol. The van der Waals surface area contributed by atoms with Crippen molar-refractivity contribution in [1.29, 1.82) is 0 Å². The van der Waals surface area contributed by atoms with E-state index in [4.69, 9.17) is 10.5 Å². The van der Waals surface area contributed by atoms with Crippen molar-refractivity contribution in [2.24, 2.45) is 11.7 Å². The molecule has 18 heavy (non-hydrogen) atoms. The fourth-order valence-corrected chi connectivity index (χ4v) is 1.52. The number of nitrogens with one attached hydrogen (secondary N) is 1. The molecule has 1 rings (SSSR count). The summed E-state index contributed by atoms with van der Waals surface area (Å²) in [6.07, 6.45) is 5.65. The van der Waals surface area contributed by atoms with Crippen molar-refractivity contribution in [2.45, 2.75) is 39.7 Å². The third kappa shape index (κ3) is 5.82. The van der Waals surface area contributed by atoms with Crippen molar-refractivity contribution in [1.82, 2.24) is 9.97 Å². The zero-order valence-corrected chi connectivity index (χ0v) is 11.5. The summed E-state index contributed by atoms with van der Waals surface area (Å²) < 4.78 is 5.49. The van der Waals surface area contributed by atoms with Gasteiger partial charge in [0.25, 0.3) is 0 Å². The SMILES string of the molecule is CC(CN)CCCNc1cncc(OC(C)C)n1. The number of nitrogens with zero attached hydrogens (tertiary/aromatic N) is 2. The topological polar surface area (TPSA) is 73.1 Å². The van der Waals surface area contributed by atoms with Crippen molar-refractivity contribution in [2.75, 3.05) is 18.4 Å². The highest BCUT2D eigenvalue weighted by Gasteiger charge is 2.02. The van der Waals surface area contributed by atoms with Crippen LogP contribution in [0.5, 0.6) is 5.88 Å². The third-order valence-corrected chi connectivity index (χ3v) is 2.55. The minimum Gasteiger partial charge on any atom is -0.474 e. The minimum atomic E-state index is 0.111. The Balaban J connectivity index is 2.33. The molecule has 1 atom stereocenters. The molecular weight excluding hydrogens is 228 g/mol. The number of hydrogen-bond donors (Lipinski definition) is 2. The van der Waals surface area contributed by atoms with Gasteiger partial charge in [-0.25, -0.2) is 0 Å². The molecular formula is C13H24N4O. The molecule has 5 nitrogen and oxygen atoms in total. The van der Waals surface area contributed by atoms with Gasteiger partial charge in [0, 0.05) is 6.54 Å². The monoisotopic (exact) mass is 252 g/mol. The van der Waals surface area contributed by atoms with Gasteiger partial charge in [-0.05, 0) is 39.2 Å². The first-order valence-corrected chi connectivity index (χ1v) is 6.54. The Labute approximate surface area is 109 Å². The quantitative estimate of drug-likeness (QED) is 0.693. The number of rotatable bonds is 8. The van der Waals surface area contributed by atoms with Crippen molar-refractivity contribution in [3.8, 4) is 5.88 Å². The maximum atomic E-state index is 5.57. The van der Waals surface area contributed by atoms with Crippen LogP contribution >= 0.6 is 0 Å². The van der Waals surface area contributed by atoms with Crippen LogP contribution in [-0.2, 0) is 0 Å². The lowest BCUT2D eigenvalue weighted by Gasteiger charge is -2.11. The molecule has 1 aromatic rings. The van der Waals surface area contributed by atoms with E-state index in [0.29, 0.717) is 11.8 Å². The molecule has 3 N–H and O–H groups in total. The molecule has 5 heteroatoms. The summed E-state index contributed by atoms with van der Waals surface area (Å²) in [4.78, 5) is 8.43. The lowest BCUT2D eigenvalue weighted by atomic mass is 10.1. The molecule has 0 radical (unpaired) electrons. The molecule has 0 aliphatic rings. The minimum absolute atomic E-state index is 0.111. The Morgan fingerprint density at radius 1 is 1.33 bits per heavy atom. The summed E-state index contributed by atoms with van der Waals surface area (Å²) in [6, 6.07) is 0. The van der Waals surface area contributed by atoms with Crippen LogP contribution in [0.15, 0.2) is 12.4 Å². The number of nitrogens with two attached hydrogens (primary N) is 1. The molecule has 0 saturated heterocycles. The molecule has 1 heterocycles. The van der Waals surface area contributed by atoms with Crippen LogP contribution in [0.4, 0.5) is 5.82 Å². The van der Waals surface area contributed by atoms with Crippen molar-refractivity contribution in [3.63, 3.8) is 0 Å². The highest BCUT2D eigenvalue weighted by Crippen LogP contribution is 2.11. The van der Waals surface area contributed by atoms with Gasteiger partial charge in [-0.15, -0.1) is 0 Å². The van der Waals surface area contributed by atoms with E-state index in [1.807, 2.05) is 13.8 Å². The van der Waals surface area contributed by atoms with Crippen LogP contribution in [0.3, 0.4) is 0 Å². The average molecular weight is 252 g/mol. The van der Waals surface area contributed by atoms with Crippen molar-refractivity contribution >= 4 is 5.82 Å². The van der Waals surface area contributed by atoms with E-state index in [9.17, 15) is 0 Å². The maximum Gasteiger partial charge on any atom is 0.234 e. The Bertz CT molecular complexity index is 344. The van der Waals surface area contributed by atoms with Crippen LogP contribution in [0.25, 0.3) is 0 Å². The second-order valence-electron chi connectivity index (χ2n) is 4.82. The van der Waals surface area contributed by atoms with Crippen LogP contribution in [0.1, 0.15) is 33.6 Å². The Kier molecular flexibility index (Phi) is 6.43. The van der Waals surface area contributed by atoms with E-state index in [0.717, 1.165) is 31.7 Å². The van der Waals surface area contributed by atoms with Crippen LogP contribution in [0, 0.1) is 5.92 Å². The fraction of sp³-hybridized carbons (Fsp3) is 0.692. The number of anilines is 1. The zero-order chi connectivity index (χ0) is 13.4. The van der Waals surface area contributed by atoms with Crippen molar-refractivity contribution in [3.05, 3.63) is 12.4 Å². The number of ether oxygens (including phenoxy) is 1. The summed E-state index contributed by atoms with van der Waals surface area (Å²) >= 11 is 0. The standard InChI is InChI=1S/C13H24N4O/c1-10(2)18-13-9-15-8-12(17-13)16-6-4-5-11(3)7-14/h8-11H,4-7,14H2,1-3H3,(H,16,17). The summed E-state index contributed by atoms with van der Waals surface area (Å²) in [7, 11) is 0. The van der Waals surface area contributed by atoms with Gasteiger partial charge in [0.05, 0.1) is 18.5 Å². The average Bonchev–Trinajstić information content (AvgIpc) is 2.34. The molecule has 0 aliphatic heterocycles. The van der Waals surface area contributed by atoms with Gasteiger partial charge in [-0.1, -0.05) is 6.92 Å². The van der Waals surface area contributed by atoms with Gasteiger partial charge in [-0.2, -0.15) is 4.98 Å². The number of aromatic nitrogens is 2. The zero-order valence-electron chi connectivity index (χ0n) is 11.5. The van der Waals surface area contributed by atoms with Gasteiger partial charge in [0.2, 0.25) is 5.88 Å². The highest BCUT2D eigenvalue weighted by molar-refractivity contribution is 5.32. The Morgan fingerprint density at radius 3 is 2.78 bits per heavy atom.